The van der Waals surface area contributed by atoms with Crippen LogP contribution in [0.3, 0.4) is 0 Å². The lowest BCUT2D eigenvalue weighted by Crippen LogP contribution is -2.51. The SMILES string of the molecule is C[C@@H](O)[C@H](NC(=O)c1ccc(C(F)(F)F)nc1)C(=O)NO. The summed E-state index contributed by atoms with van der Waals surface area (Å²) in [5.74, 6) is -2.00. The molecule has 1 aromatic rings. The topological polar surface area (TPSA) is 112 Å². The van der Waals surface area contributed by atoms with Crippen LogP contribution in [0.1, 0.15) is 23.0 Å². The molecule has 1 aromatic heterocycles. The van der Waals surface area contributed by atoms with Crippen molar-refractivity contribution in [3.8, 4) is 0 Å². The van der Waals surface area contributed by atoms with Crippen LogP contribution in [0.4, 0.5) is 13.2 Å². The molecule has 0 saturated carbocycles. The number of carbonyl (C=O) groups is 2. The molecule has 116 valence electrons. The molecule has 2 atom stereocenters. The predicted molar refractivity (Wildman–Crippen MR) is 62.1 cm³/mol. The summed E-state index contributed by atoms with van der Waals surface area (Å²) in [6, 6.07) is 0.0178. The van der Waals surface area contributed by atoms with Gasteiger partial charge < -0.3 is 10.4 Å². The second-order valence-electron chi connectivity index (χ2n) is 4.10. The number of rotatable bonds is 4. The molecule has 0 fully saturated rings. The molecule has 21 heavy (non-hydrogen) atoms. The molecule has 0 bridgehead atoms. The van der Waals surface area contributed by atoms with Crippen LogP contribution >= 0.6 is 0 Å². The first-order valence-corrected chi connectivity index (χ1v) is 5.63. The van der Waals surface area contributed by atoms with Gasteiger partial charge >= 0.3 is 6.18 Å². The van der Waals surface area contributed by atoms with E-state index >= 15 is 0 Å². The van der Waals surface area contributed by atoms with Gasteiger partial charge in [-0.3, -0.25) is 19.8 Å². The molecule has 0 aliphatic rings. The summed E-state index contributed by atoms with van der Waals surface area (Å²) in [7, 11) is 0. The number of aliphatic hydroxyl groups is 1. The van der Waals surface area contributed by atoms with Crippen molar-refractivity contribution in [1.82, 2.24) is 15.8 Å². The minimum atomic E-state index is -4.63. The Morgan fingerprint density at radius 3 is 2.33 bits per heavy atom. The average molecular weight is 307 g/mol. The van der Waals surface area contributed by atoms with Crippen molar-refractivity contribution < 1.29 is 33.1 Å². The Morgan fingerprint density at radius 1 is 1.33 bits per heavy atom. The fourth-order valence-corrected chi connectivity index (χ4v) is 1.40. The van der Waals surface area contributed by atoms with Crippen molar-refractivity contribution in [1.29, 1.82) is 0 Å². The molecular weight excluding hydrogens is 295 g/mol. The highest BCUT2D eigenvalue weighted by Crippen LogP contribution is 2.27. The molecule has 7 nitrogen and oxygen atoms in total. The molecule has 2 amide bonds. The third kappa shape index (κ3) is 4.39. The molecule has 0 aliphatic carbocycles. The van der Waals surface area contributed by atoms with Gasteiger partial charge in [0.15, 0.2) is 0 Å². The van der Waals surface area contributed by atoms with Gasteiger partial charge in [0.25, 0.3) is 11.8 Å². The number of amides is 2. The van der Waals surface area contributed by atoms with Crippen molar-refractivity contribution in [3.05, 3.63) is 29.6 Å². The van der Waals surface area contributed by atoms with Crippen LogP contribution in [0.15, 0.2) is 18.3 Å². The van der Waals surface area contributed by atoms with Crippen LogP contribution in [-0.2, 0) is 11.0 Å². The summed E-state index contributed by atoms with van der Waals surface area (Å²) >= 11 is 0. The summed E-state index contributed by atoms with van der Waals surface area (Å²) in [5, 5.41) is 19.8. The molecule has 10 heteroatoms. The van der Waals surface area contributed by atoms with E-state index in [0.29, 0.717) is 12.3 Å². The van der Waals surface area contributed by atoms with Crippen LogP contribution in [0, 0.1) is 0 Å². The van der Waals surface area contributed by atoms with Gasteiger partial charge in [-0.05, 0) is 19.1 Å². The van der Waals surface area contributed by atoms with Crippen LogP contribution in [-0.4, -0.2) is 39.3 Å². The third-order valence-corrected chi connectivity index (χ3v) is 2.48. The second kappa shape index (κ2) is 6.50. The van der Waals surface area contributed by atoms with Crippen molar-refractivity contribution >= 4 is 11.8 Å². The first kappa shape index (κ1) is 16.9. The lowest BCUT2D eigenvalue weighted by molar-refractivity contribution is -0.141. The molecule has 1 rings (SSSR count). The summed E-state index contributed by atoms with van der Waals surface area (Å²) in [4.78, 5) is 26.0. The van der Waals surface area contributed by atoms with Gasteiger partial charge in [0.2, 0.25) is 0 Å². The van der Waals surface area contributed by atoms with E-state index in [-0.39, 0.29) is 5.56 Å². The highest BCUT2D eigenvalue weighted by atomic mass is 19.4. The highest BCUT2D eigenvalue weighted by Gasteiger charge is 2.32. The van der Waals surface area contributed by atoms with Crippen LogP contribution < -0.4 is 10.8 Å². The number of alkyl halides is 3. The van der Waals surface area contributed by atoms with Crippen molar-refractivity contribution in [2.45, 2.75) is 25.2 Å². The zero-order chi connectivity index (χ0) is 16.2. The maximum absolute atomic E-state index is 12.3. The van der Waals surface area contributed by atoms with Gasteiger partial charge in [0.1, 0.15) is 11.7 Å². The Labute approximate surface area is 116 Å². The number of hydrogen-bond donors (Lipinski definition) is 4. The van der Waals surface area contributed by atoms with Gasteiger partial charge in [-0.1, -0.05) is 0 Å². The molecule has 0 saturated heterocycles. The summed E-state index contributed by atoms with van der Waals surface area (Å²) < 4.78 is 36.9. The van der Waals surface area contributed by atoms with Crippen LogP contribution in [0.25, 0.3) is 0 Å². The molecule has 0 unspecified atom stereocenters. The molecular formula is C11H12F3N3O4. The standard InChI is InChI=1S/C11H12F3N3O4/c1-5(18)8(10(20)17-21)16-9(19)6-2-3-7(15-4-6)11(12,13)14/h2-5,8,18,21H,1H3,(H,16,19)(H,17,20)/t5-,8+/m1/s1. The van der Waals surface area contributed by atoms with E-state index in [1.54, 1.807) is 0 Å². The minimum Gasteiger partial charge on any atom is -0.391 e. The van der Waals surface area contributed by atoms with Gasteiger partial charge in [0.05, 0.1) is 11.7 Å². The van der Waals surface area contributed by atoms with Crippen molar-refractivity contribution in [2.75, 3.05) is 0 Å². The number of aromatic nitrogens is 1. The number of pyridine rings is 1. The van der Waals surface area contributed by atoms with Gasteiger partial charge in [-0.25, -0.2) is 5.48 Å². The van der Waals surface area contributed by atoms with E-state index in [9.17, 15) is 27.9 Å². The summed E-state index contributed by atoms with van der Waals surface area (Å²) in [5.41, 5.74) is -0.150. The first-order valence-electron chi connectivity index (χ1n) is 5.63. The maximum atomic E-state index is 12.3. The normalized spacial score (nSPS) is 14.2. The molecule has 0 radical (unpaired) electrons. The number of hydroxylamine groups is 1. The number of hydrogen-bond acceptors (Lipinski definition) is 5. The summed E-state index contributed by atoms with van der Waals surface area (Å²) in [6.45, 7) is 1.19. The second-order valence-corrected chi connectivity index (χ2v) is 4.10. The lowest BCUT2D eigenvalue weighted by Gasteiger charge is -2.19. The fourth-order valence-electron chi connectivity index (χ4n) is 1.40. The van der Waals surface area contributed by atoms with Gasteiger partial charge in [0, 0.05) is 6.20 Å². The van der Waals surface area contributed by atoms with Crippen LogP contribution in [0.5, 0.6) is 0 Å². The van der Waals surface area contributed by atoms with E-state index in [2.05, 4.69) is 10.3 Å². The lowest BCUT2D eigenvalue weighted by atomic mass is 10.1. The number of halogens is 3. The molecule has 0 aliphatic heterocycles. The number of nitrogens with one attached hydrogen (secondary N) is 2. The smallest absolute Gasteiger partial charge is 0.391 e. The monoisotopic (exact) mass is 307 g/mol. The molecule has 4 N–H and O–H groups in total. The average Bonchev–Trinajstić information content (AvgIpc) is 2.42. The van der Waals surface area contributed by atoms with Crippen molar-refractivity contribution in [3.63, 3.8) is 0 Å². The zero-order valence-corrected chi connectivity index (χ0v) is 10.7. The fraction of sp³-hybridized carbons (Fsp3) is 0.364. The van der Waals surface area contributed by atoms with Gasteiger partial charge in [-0.2, -0.15) is 13.2 Å². The zero-order valence-electron chi connectivity index (χ0n) is 10.7. The van der Waals surface area contributed by atoms with E-state index in [4.69, 9.17) is 5.21 Å². The van der Waals surface area contributed by atoms with Crippen LogP contribution in [0.2, 0.25) is 0 Å². The Hall–Kier alpha value is -2.20. The minimum absolute atomic E-state index is 0.237. The number of carbonyl (C=O) groups excluding carboxylic acids is 2. The molecule has 0 aromatic carbocycles. The van der Waals surface area contributed by atoms with Gasteiger partial charge in [-0.15, -0.1) is 0 Å². The Bertz CT molecular complexity index is 516. The Morgan fingerprint density at radius 2 is 1.95 bits per heavy atom. The largest absolute Gasteiger partial charge is 0.433 e. The van der Waals surface area contributed by atoms with E-state index in [1.165, 1.54) is 12.4 Å². The highest BCUT2D eigenvalue weighted by molar-refractivity contribution is 5.97. The predicted octanol–water partition coefficient (Wildman–Crippen LogP) is 0.0850. The Kier molecular flexibility index (Phi) is 5.22. The summed E-state index contributed by atoms with van der Waals surface area (Å²) in [6.07, 6.45) is -5.27. The van der Waals surface area contributed by atoms with Crippen molar-refractivity contribution in [2.24, 2.45) is 0 Å². The number of nitrogens with zero attached hydrogens (tertiary/aromatic N) is 1. The molecule has 0 spiro atoms. The Balaban J connectivity index is 2.86. The first-order chi connectivity index (χ1) is 9.66. The maximum Gasteiger partial charge on any atom is 0.433 e. The third-order valence-electron chi connectivity index (χ3n) is 2.48. The quantitative estimate of drug-likeness (QED) is 0.465. The van der Waals surface area contributed by atoms with E-state index in [1.807, 2.05) is 0 Å². The van der Waals surface area contributed by atoms with E-state index < -0.39 is 35.8 Å². The number of aliphatic hydroxyl groups excluding tert-OH is 1. The van der Waals surface area contributed by atoms with E-state index in [0.717, 1.165) is 6.07 Å². The molecule has 1 heterocycles.